The molecule has 0 spiro atoms. The highest BCUT2D eigenvalue weighted by Gasteiger charge is 2.27. The number of ether oxygens (including phenoxy) is 1. The van der Waals surface area contributed by atoms with Crippen LogP contribution in [0.2, 0.25) is 0 Å². The van der Waals surface area contributed by atoms with E-state index in [1.807, 2.05) is 6.92 Å². The first kappa shape index (κ1) is 15.9. The minimum Gasteiger partial charge on any atom is -0.463 e. The molecule has 2 aliphatic rings. The Hall–Kier alpha value is -2.87. The molecule has 1 aromatic carbocycles. The molecule has 0 aliphatic carbocycles. The molecule has 3 heterocycles. The van der Waals surface area contributed by atoms with Gasteiger partial charge >= 0.3 is 6.01 Å². The average molecular weight is 415 g/mol. The van der Waals surface area contributed by atoms with E-state index in [1.165, 1.54) is 0 Å². The van der Waals surface area contributed by atoms with Crippen LogP contribution >= 0.6 is 0 Å². The van der Waals surface area contributed by atoms with E-state index in [1.54, 1.807) is 4.90 Å². The van der Waals surface area contributed by atoms with Crippen LogP contribution in [-0.4, -0.2) is 47.0 Å². The Morgan fingerprint density at radius 3 is 2.57 bits per heavy atom. The van der Waals surface area contributed by atoms with Crippen molar-refractivity contribution in [3.05, 3.63) is 35.3 Å². The lowest BCUT2D eigenvalue weighted by molar-refractivity contribution is -0.115. The van der Waals surface area contributed by atoms with Crippen molar-refractivity contribution < 1.29 is 15.0 Å². The van der Waals surface area contributed by atoms with Crippen molar-refractivity contribution in [3.63, 3.8) is 0 Å². The molecule has 0 atom stereocenters. The van der Waals surface area contributed by atoms with Gasteiger partial charge in [0, 0.05) is 13.1 Å². The van der Waals surface area contributed by atoms with Gasteiger partial charge < -0.3 is 20.7 Å². The third kappa shape index (κ3) is 4.81. The van der Waals surface area contributed by atoms with Gasteiger partial charge in [-0.2, -0.15) is 9.97 Å². The maximum atomic E-state index is 12.4. The van der Waals surface area contributed by atoms with E-state index in [9.17, 15) is 4.79 Å². The Bertz CT molecular complexity index is 1060. The SMILES string of the molecule is [2H]c1c([2H])c(CN2CC(=O)Nc3c(N)nc(OCCCC)nc32)c([2H])c([2H])c1CN1CCCC1. The number of nitrogens with one attached hydrogen (secondary N) is 1. The molecule has 3 N–H and O–H groups in total. The molecule has 8 nitrogen and oxygen atoms in total. The first-order valence-corrected chi connectivity index (χ1v) is 10.5. The second-order valence-corrected chi connectivity index (χ2v) is 7.64. The molecule has 0 radical (unpaired) electrons. The Kier molecular flexibility index (Phi) is 4.93. The quantitative estimate of drug-likeness (QED) is 0.641. The van der Waals surface area contributed by atoms with Gasteiger partial charge in [0.1, 0.15) is 5.69 Å². The number of nitrogens with two attached hydrogens (primary N) is 1. The molecule has 4 rings (SSSR count). The van der Waals surface area contributed by atoms with Crippen molar-refractivity contribution in [3.8, 4) is 6.01 Å². The van der Waals surface area contributed by atoms with Crippen LogP contribution in [0.5, 0.6) is 6.01 Å². The smallest absolute Gasteiger partial charge is 0.320 e. The van der Waals surface area contributed by atoms with Gasteiger partial charge in [-0.3, -0.25) is 9.69 Å². The summed E-state index contributed by atoms with van der Waals surface area (Å²) in [4.78, 5) is 24.6. The highest BCUT2D eigenvalue weighted by Crippen LogP contribution is 2.34. The van der Waals surface area contributed by atoms with Crippen LogP contribution in [0.3, 0.4) is 0 Å². The molecule has 2 aromatic rings. The summed E-state index contributed by atoms with van der Waals surface area (Å²) >= 11 is 0. The number of aromatic nitrogens is 2. The summed E-state index contributed by atoms with van der Waals surface area (Å²) in [6.07, 6.45) is 3.92. The zero-order valence-electron chi connectivity index (χ0n) is 21.3. The number of hydrogen-bond donors (Lipinski definition) is 2. The number of fused-ring (bicyclic) bond motifs is 1. The van der Waals surface area contributed by atoms with Crippen molar-refractivity contribution >= 4 is 23.2 Å². The minimum atomic E-state index is -0.330. The number of hydrogen-bond acceptors (Lipinski definition) is 7. The summed E-state index contributed by atoms with van der Waals surface area (Å²) < 4.78 is 39.8. The number of nitrogens with zero attached hydrogens (tertiary/aromatic N) is 4. The number of rotatable bonds is 8. The van der Waals surface area contributed by atoms with E-state index in [-0.39, 0.29) is 66.2 Å². The number of unbranched alkanes of at least 4 members (excludes halogenated alkanes) is 1. The maximum absolute atomic E-state index is 12.4. The van der Waals surface area contributed by atoms with Crippen LogP contribution in [0.25, 0.3) is 0 Å². The van der Waals surface area contributed by atoms with Gasteiger partial charge in [-0.25, -0.2) is 0 Å². The molecule has 0 unspecified atom stereocenters. The van der Waals surface area contributed by atoms with Gasteiger partial charge in [-0.15, -0.1) is 0 Å². The van der Waals surface area contributed by atoms with Crippen LogP contribution in [0.4, 0.5) is 17.3 Å². The summed E-state index contributed by atoms with van der Waals surface area (Å²) in [6.45, 7) is 4.54. The number of carbonyl (C=O) groups excluding carboxylic acids is 1. The van der Waals surface area contributed by atoms with Gasteiger partial charge in [0.2, 0.25) is 5.91 Å². The van der Waals surface area contributed by atoms with Gasteiger partial charge in [0.05, 0.1) is 18.6 Å². The zero-order valence-corrected chi connectivity index (χ0v) is 17.3. The number of amides is 1. The maximum Gasteiger partial charge on any atom is 0.320 e. The van der Waals surface area contributed by atoms with Crippen molar-refractivity contribution in [2.75, 3.05) is 42.2 Å². The van der Waals surface area contributed by atoms with Gasteiger partial charge in [0.15, 0.2) is 11.6 Å². The van der Waals surface area contributed by atoms with Crippen molar-refractivity contribution in [1.82, 2.24) is 14.9 Å². The standard InChI is InChI=1S/C22H30N6O2/c1-2-3-12-30-22-25-20(23)19-21(26-22)28(15-18(29)24-19)14-17-8-6-16(7-9-17)13-27-10-4-5-11-27/h6-9H,2-5,10-15H2,1H3,(H,24,29)(H2,23,25,26)/i6D,7D,8D,9D. The Balaban J connectivity index is 1.67. The van der Waals surface area contributed by atoms with Crippen LogP contribution in [0.1, 0.15) is 49.2 Å². The second-order valence-electron chi connectivity index (χ2n) is 7.64. The zero-order chi connectivity index (χ0) is 24.4. The lowest BCUT2D eigenvalue weighted by Gasteiger charge is -2.30. The first-order chi connectivity index (χ1) is 16.3. The van der Waals surface area contributed by atoms with E-state index >= 15 is 0 Å². The molecule has 1 amide bonds. The lowest BCUT2D eigenvalue weighted by Crippen LogP contribution is -2.39. The fourth-order valence-corrected chi connectivity index (χ4v) is 3.60. The van der Waals surface area contributed by atoms with E-state index in [0.29, 0.717) is 24.5 Å². The van der Waals surface area contributed by atoms with Crippen LogP contribution in [-0.2, 0) is 17.9 Å². The summed E-state index contributed by atoms with van der Waals surface area (Å²) in [5.41, 5.74) is 6.91. The largest absolute Gasteiger partial charge is 0.463 e. The lowest BCUT2D eigenvalue weighted by atomic mass is 10.1. The number of carbonyl (C=O) groups is 1. The van der Waals surface area contributed by atoms with Crippen molar-refractivity contribution in [2.45, 2.75) is 45.7 Å². The molecule has 30 heavy (non-hydrogen) atoms. The first-order valence-electron chi connectivity index (χ1n) is 12.5. The third-order valence-electron chi connectivity index (χ3n) is 5.18. The Morgan fingerprint density at radius 1 is 1.17 bits per heavy atom. The van der Waals surface area contributed by atoms with E-state index in [4.69, 9.17) is 16.0 Å². The molecule has 1 saturated heterocycles. The number of nitrogen functional groups attached to an aromatic ring is 1. The fraction of sp³-hybridized carbons (Fsp3) is 0.500. The summed E-state index contributed by atoms with van der Waals surface area (Å²) in [6, 6.07) is -0.217. The average Bonchev–Trinajstić information content (AvgIpc) is 3.32. The van der Waals surface area contributed by atoms with Crippen molar-refractivity contribution in [1.29, 1.82) is 0 Å². The van der Waals surface area contributed by atoms with E-state index in [2.05, 4.69) is 20.2 Å². The van der Waals surface area contributed by atoms with Gasteiger partial charge in [0.25, 0.3) is 0 Å². The molecule has 1 fully saturated rings. The van der Waals surface area contributed by atoms with Gasteiger partial charge in [-0.1, -0.05) is 37.5 Å². The topological polar surface area (TPSA) is 96.6 Å². The fourth-order valence-electron chi connectivity index (χ4n) is 3.60. The number of benzene rings is 1. The normalized spacial score (nSPS) is 18.3. The van der Waals surface area contributed by atoms with Gasteiger partial charge in [-0.05, 0) is 43.5 Å². The molecule has 0 bridgehead atoms. The number of likely N-dealkylation sites (tertiary alicyclic amines) is 1. The minimum absolute atomic E-state index is 0.0370. The molecule has 2 aliphatic heterocycles. The predicted octanol–water partition coefficient (Wildman–Crippen LogP) is 2.79. The molecule has 1 aromatic heterocycles. The molecule has 0 saturated carbocycles. The molecular formula is C22H30N6O2. The number of anilines is 3. The molecular weight excluding hydrogens is 380 g/mol. The Labute approximate surface area is 183 Å². The predicted molar refractivity (Wildman–Crippen MR) is 117 cm³/mol. The van der Waals surface area contributed by atoms with Crippen molar-refractivity contribution in [2.24, 2.45) is 0 Å². The highest BCUT2D eigenvalue weighted by molar-refractivity contribution is 6.03. The summed E-state index contributed by atoms with van der Waals surface area (Å²) in [5, 5.41) is 2.68. The highest BCUT2D eigenvalue weighted by atomic mass is 16.5. The van der Waals surface area contributed by atoms with E-state index in [0.717, 1.165) is 38.8 Å². The monoisotopic (exact) mass is 414 g/mol. The summed E-state index contributed by atoms with van der Waals surface area (Å²) in [5.74, 6) is 0.0648. The third-order valence-corrected chi connectivity index (χ3v) is 5.18. The Morgan fingerprint density at radius 2 is 1.87 bits per heavy atom. The molecule has 8 heteroatoms. The van der Waals surface area contributed by atoms with Crippen LogP contribution in [0, 0.1) is 0 Å². The second kappa shape index (κ2) is 9.30. The summed E-state index contributed by atoms with van der Waals surface area (Å²) in [7, 11) is 0. The van der Waals surface area contributed by atoms with Crippen LogP contribution in [0.15, 0.2) is 24.2 Å². The van der Waals surface area contributed by atoms with E-state index < -0.39 is 0 Å². The van der Waals surface area contributed by atoms with Crippen LogP contribution < -0.4 is 20.7 Å². The molecule has 160 valence electrons.